The minimum Gasteiger partial charge on any atom is -0.481 e. The van der Waals surface area contributed by atoms with Gasteiger partial charge in [0, 0.05) is 13.0 Å². The smallest absolute Gasteiger partial charge is 0.303 e. The third-order valence-corrected chi connectivity index (χ3v) is 4.13. The maximum atomic E-state index is 12.0. The average molecular weight is 284 g/mol. The molecule has 0 bridgehead atoms. The molecule has 1 aliphatic rings. The van der Waals surface area contributed by atoms with Gasteiger partial charge < -0.3 is 15.7 Å². The van der Waals surface area contributed by atoms with Crippen LogP contribution in [0.3, 0.4) is 0 Å². The number of hydrogen-bond donors (Lipinski definition) is 3. The molecule has 20 heavy (non-hydrogen) atoms. The van der Waals surface area contributed by atoms with E-state index in [1.165, 1.54) is 0 Å². The Morgan fingerprint density at radius 3 is 2.65 bits per heavy atom. The summed E-state index contributed by atoms with van der Waals surface area (Å²) in [5.41, 5.74) is 0. The molecule has 0 saturated carbocycles. The van der Waals surface area contributed by atoms with Crippen LogP contribution in [0.4, 0.5) is 0 Å². The van der Waals surface area contributed by atoms with Crippen molar-refractivity contribution in [2.75, 3.05) is 13.1 Å². The molecule has 0 aromatic rings. The van der Waals surface area contributed by atoms with Gasteiger partial charge in [-0.1, -0.05) is 26.7 Å². The first-order valence-corrected chi connectivity index (χ1v) is 7.77. The SMILES string of the molecule is CCCC(CCNC(=O)C1NCCC1C)CCC(=O)O. The van der Waals surface area contributed by atoms with E-state index >= 15 is 0 Å². The highest BCUT2D eigenvalue weighted by molar-refractivity contribution is 5.82. The highest BCUT2D eigenvalue weighted by Crippen LogP contribution is 2.18. The van der Waals surface area contributed by atoms with Gasteiger partial charge in [0.05, 0.1) is 6.04 Å². The summed E-state index contributed by atoms with van der Waals surface area (Å²) < 4.78 is 0. The molecule has 0 aromatic heterocycles. The molecule has 3 unspecified atom stereocenters. The molecule has 0 aliphatic carbocycles. The zero-order valence-corrected chi connectivity index (χ0v) is 12.7. The molecule has 1 amide bonds. The van der Waals surface area contributed by atoms with E-state index in [0.717, 1.165) is 32.2 Å². The summed E-state index contributed by atoms with van der Waals surface area (Å²) in [6.45, 7) is 5.76. The van der Waals surface area contributed by atoms with Crippen molar-refractivity contribution in [3.05, 3.63) is 0 Å². The Labute approximate surface area is 121 Å². The summed E-state index contributed by atoms with van der Waals surface area (Å²) in [6.07, 6.45) is 4.93. The van der Waals surface area contributed by atoms with Crippen LogP contribution in [-0.4, -0.2) is 36.1 Å². The molecule has 0 aromatic carbocycles. The van der Waals surface area contributed by atoms with E-state index in [4.69, 9.17) is 5.11 Å². The number of amides is 1. The Balaban J connectivity index is 2.25. The largest absolute Gasteiger partial charge is 0.481 e. The van der Waals surface area contributed by atoms with Crippen LogP contribution in [0.15, 0.2) is 0 Å². The molecule has 5 heteroatoms. The van der Waals surface area contributed by atoms with Gasteiger partial charge in [-0.05, 0) is 37.6 Å². The van der Waals surface area contributed by atoms with E-state index in [9.17, 15) is 9.59 Å². The van der Waals surface area contributed by atoms with Gasteiger partial charge >= 0.3 is 5.97 Å². The van der Waals surface area contributed by atoms with Gasteiger partial charge in [-0.3, -0.25) is 9.59 Å². The number of rotatable bonds is 9. The highest BCUT2D eigenvalue weighted by atomic mass is 16.4. The zero-order valence-electron chi connectivity index (χ0n) is 12.7. The average Bonchev–Trinajstić information content (AvgIpc) is 2.82. The summed E-state index contributed by atoms with van der Waals surface area (Å²) in [5, 5.41) is 14.9. The van der Waals surface area contributed by atoms with Crippen molar-refractivity contribution in [3.63, 3.8) is 0 Å². The van der Waals surface area contributed by atoms with Crippen LogP contribution in [-0.2, 0) is 9.59 Å². The van der Waals surface area contributed by atoms with Crippen LogP contribution in [0.5, 0.6) is 0 Å². The second kappa shape index (κ2) is 8.95. The van der Waals surface area contributed by atoms with E-state index in [-0.39, 0.29) is 18.4 Å². The number of hydrogen-bond acceptors (Lipinski definition) is 3. The molecule has 116 valence electrons. The summed E-state index contributed by atoms with van der Waals surface area (Å²) in [6, 6.07) is -0.0568. The van der Waals surface area contributed by atoms with Crippen LogP contribution in [0.25, 0.3) is 0 Å². The molecular weight excluding hydrogens is 256 g/mol. The summed E-state index contributed by atoms with van der Waals surface area (Å²) >= 11 is 0. The van der Waals surface area contributed by atoms with Gasteiger partial charge in [0.1, 0.15) is 0 Å². The van der Waals surface area contributed by atoms with Crippen LogP contribution in [0, 0.1) is 11.8 Å². The van der Waals surface area contributed by atoms with E-state index in [0.29, 0.717) is 24.8 Å². The first kappa shape index (κ1) is 17.0. The number of carboxylic acid groups (broad SMARTS) is 1. The molecule has 0 radical (unpaired) electrons. The summed E-state index contributed by atoms with van der Waals surface area (Å²) in [4.78, 5) is 22.6. The molecule has 5 nitrogen and oxygen atoms in total. The van der Waals surface area contributed by atoms with Gasteiger partial charge in [-0.2, -0.15) is 0 Å². The standard InChI is InChI=1S/C15H28N2O3/c1-3-4-12(5-6-13(18)19)8-10-17-15(20)14-11(2)7-9-16-14/h11-12,14,16H,3-10H2,1-2H3,(H,17,20)(H,18,19). The van der Waals surface area contributed by atoms with E-state index in [1.54, 1.807) is 0 Å². The second-order valence-electron chi connectivity index (χ2n) is 5.86. The Hall–Kier alpha value is -1.10. The Morgan fingerprint density at radius 1 is 1.35 bits per heavy atom. The Kier molecular flexibility index (Phi) is 7.59. The minimum atomic E-state index is -0.737. The molecule has 1 rings (SSSR count). The molecular formula is C15H28N2O3. The monoisotopic (exact) mass is 284 g/mol. The fourth-order valence-corrected chi connectivity index (χ4v) is 2.86. The zero-order chi connectivity index (χ0) is 15.0. The minimum absolute atomic E-state index is 0.0568. The third kappa shape index (κ3) is 5.90. The summed E-state index contributed by atoms with van der Waals surface area (Å²) in [5.74, 6) is 0.140. The van der Waals surface area contributed by atoms with Crippen molar-refractivity contribution in [3.8, 4) is 0 Å². The van der Waals surface area contributed by atoms with Crippen molar-refractivity contribution >= 4 is 11.9 Å². The number of carbonyl (C=O) groups excluding carboxylic acids is 1. The predicted octanol–water partition coefficient (Wildman–Crippen LogP) is 1.77. The lowest BCUT2D eigenvalue weighted by Gasteiger charge is -2.18. The van der Waals surface area contributed by atoms with Crippen LogP contribution in [0.2, 0.25) is 0 Å². The fraction of sp³-hybridized carbons (Fsp3) is 0.867. The molecule has 3 atom stereocenters. The van der Waals surface area contributed by atoms with Gasteiger partial charge in [0.15, 0.2) is 0 Å². The Morgan fingerprint density at radius 2 is 2.10 bits per heavy atom. The normalized spacial score (nSPS) is 23.5. The first-order chi connectivity index (χ1) is 9.54. The lowest BCUT2D eigenvalue weighted by Crippen LogP contribution is -2.43. The van der Waals surface area contributed by atoms with E-state index < -0.39 is 5.97 Å². The van der Waals surface area contributed by atoms with Crippen molar-refractivity contribution in [2.24, 2.45) is 11.8 Å². The molecule has 3 N–H and O–H groups in total. The second-order valence-corrected chi connectivity index (χ2v) is 5.86. The maximum Gasteiger partial charge on any atom is 0.303 e. The van der Waals surface area contributed by atoms with E-state index in [2.05, 4.69) is 24.5 Å². The van der Waals surface area contributed by atoms with Crippen LogP contribution in [0.1, 0.15) is 52.4 Å². The van der Waals surface area contributed by atoms with Crippen LogP contribution >= 0.6 is 0 Å². The Bertz CT molecular complexity index is 320. The van der Waals surface area contributed by atoms with Gasteiger partial charge in [0.25, 0.3) is 0 Å². The molecule has 0 spiro atoms. The lowest BCUT2D eigenvalue weighted by atomic mass is 9.94. The first-order valence-electron chi connectivity index (χ1n) is 7.77. The van der Waals surface area contributed by atoms with E-state index in [1.807, 2.05) is 0 Å². The van der Waals surface area contributed by atoms with Gasteiger partial charge in [-0.25, -0.2) is 0 Å². The lowest BCUT2D eigenvalue weighted by molar-refractivity contribution is -0.137. The quantitative estimate of drug-likeness (QED) is 0.603. The summed E-state index contributed by atoms with van der Waals surface area (Å²) in [7, 11) is 0. The molecule has 1 aliphatic heterocycles. The van der Waals surface area contributed by atoms with Crippen molar-refractivity contribution in [1.29, 1.82) is 0 Å². The number of carbonyl (C=O) groups is 2. The number of aliphatic carboxylic acids is 1. The maximum absolute atomic E-state index is 12.0. The van der Waals surface area contributed by atoms with Crippen molar-refractivity contribution in [2.45, 2.75) is 58.4 Å². The predicted molar refractivity (Wildman–Crippen MR) is 78.5 cm³/mol. The topological polar surface area (TPSA) is 78.4 Å². The molecule has 1 heterocycles. The van der Waals surface area contributed by atoms with Gasteiger partial charge in [-0.15, -0.1) is 0 Å². The molecule has 1 fully saturated rings. The number of nitrogens with one attached hydrogen (secondary N) is 2. The van der Waals surface area contributed by atoms with Gasteiger partial charge in [0.2, 0.25) is 5.91 Å². The van der Waals surface area contributed by atoms with Crippen LogP contribution < -0.4 is 10.6 Å². The highest BCUT2D eigenvalue weighted by Gasteiger charge is 2.28. The number of carboxylic acids is 1. The fourth-order valence-electron chi connectivity index (χ4n) is 2.86. The molecule has 1 saturated heterocycles. The van der Waals surface area contributed by atoms with Crippen molar-refractivity contribution in [1.82, 2.24) is 10.6 Å². The van der Waals surface area contributed by atoms with Crippen molar-refractivity contribution < 1.29 is 14.7 Å². The third-order valence-electron chi connectivity index (χ3n) is 4.13.